The van der Waals surface area contributed by atoms with Crippen LogP contribution in [0.2, 0.25) is 10.2 Å². The zero-order valence-corrected chi connectivity index (χ0v) is 13.8. The molecule has 0 saturated carbocycles. The Hall–Kier alpha value is -2.31. The van der Waals surface area contributed by atoms with Crippen LogP contribution in [0, 0.1) is 5.92 Å². The summed E-state index contributed by atoms with van der Waals surface area (Å²) in [7, 11) is 0. The maximum atomic E-state index is 12.6. The van der Waals surface area contributed by atoms with Crippen molar-refractivity contribution in [3.8, 4) is 0 Å². The molecule has 0 spiro atoms. The summed E-state index contributed by atoms with van der Waals surface area (Å²) in [6.45, 7) is -0.0667. The predicted molar refractivity (Wildman–Crippen MR) is 87.7 cm³/mol. The van der Waals surface area contributed by atoms with E-state index >= 15 is 0 Å². The van der Waals surface area contributed by atoms with Gasteiger partial charge in [0.05, 0.1) is 10.7 Å². The molecule has 1 heterocycles. The summed E-state index contributed by atoms with van der Waals surface area (Å²) < 4.78 is 1.33. The quantitative estimate of drug-likeness (QED) is 0.576. The minimum Gasteiger partial charge on any atom is -0.481 e. The molecular formula is C16H13Cl2NO5. The SMILES string of the molecule is O=C(c1ccccc1)c1cc(Cl)c(Cl)n1CCC(C(=O)O)C(=O)O. The van der Waals surface area contributed by atoms with Crippen molar-refractivity contribution in [2.45, 2.75) is 13.0 Å². The van der Waals surface area contributed by atoms with Gasteiger partial charge in [0, 0.05) is 12.1 Å². The van der Waals surface area contributed by atoms with Crippen molar-refractivity contribution < 1.29 is 24.6 Å². The Balaban J connectivity index is 2.32. The van der Waals surface area contributed by atoms with Gasteiger partial charge in [-0.2, -0.15) is 0 Å². The van der Waals surface area contributed by atoms with Gasteiger partial charge < -0.3 is 14.8 Å². The largest absolute Gasteiger partial charge is 0.481 e. The second kappa shape index (κ2) is 7.51. The highest BCUT2D eigenvalue weighted by Crippen LogP contribution is 2.28. The van der Waals surface area contributed by atoms with Crippen molar-refractivity contribution in [2.24, 2.45) is 5.92 Å². The molecule has 0 bridgehead atoms. The lowest BCUT2D eigenvalue weighted by Gasteiger charge is -2.12. The lowest BCUT2D eigenvalue weighted by atomic mass is 10.1. The molecule has 0 radical (unpaired) electrons. The number of ketones is 1. The number of aromatic nitrogens is 1. The minimum atomic E-state index is -1.60. The molecule has 2 rings (SSSR count). The van der Waals surface area contributed by atoms with E-state index in [1.165, 1.54) is 10.6 Å². The number of rotatable bonds is 7. The summed E-state index contributed by atoms with van der Waals surface area (Å²) in [5.74, 6) is -4.84. The first kappa shape index (κ1) is 18.0. The van der Waals surface area contributed by atoms with E-state index in [1.54, 1.807) is 30.3 Å². The molecule has 1 aromatic heterocycles. The van der Waals surface area contributed by atoms with Gasteiger partial charge >= 0.3 is 11.9 Å². The van der Waals surface area contributed by atoms with Crippen LogP contribution in [0.15, 0.2) is 36.4 Å². The molecule has 0 aliphatic rings. The molecule has 0 atom stereocenters. The molecule has 0 aliphatic carbocycles. The Bertz CT molecular complexity index is 771. The fourth-order valence-corrected chi connectivity index (χ4v) is 2.68. The molecule has 2 aromatic rings. The number of halogens is 2. The summed E-state index contributed by atoms with van der Waals surface area (Å²) in [5.41, 5.74) is 0.586. The number of nitrogens with zero attached hydrogens (tertiary/aromatic N) is 1. The van der Waals surface area contributed by atoms with E-state index in [0.717, 1.165) is 0 Å². The van der Waals surface area contributed by atoms with Crippen LogP contribution in [0.4, 0.5) is 0 Å². The number of carboxylic acids is 2. The van der Waals surface area contributed by atoms with Crippen LogP contribution in [0.25, 0.3) is 0 Å². The van der Waals surface area contributed by atoms with Crippen molar-refractivity contribution in [1.82, 2.24) is 4.57 Å². The summed E-state index contributed by atoms with van der Waals surface area (Å²) >= 11 is 12.0. The summed E-state index contributed by atoms with van der Waals surface area (Å²) in [6, 6.07) is 9.80. The molecule has 0 aliphatic heterocycles. The standard InChI is InChI=1S/C16H13Cl2NO5/c17-11-8-12(13(20)9-4-2-1-3-5-9)19(14(11)18)7-6-10(15(21)22)16(23)24/h1-5,8,10H,6-7H2,(H,21,22)(H,23,24). The van der Waals surface area contributed by atoms with E-state index in [-0.39, 0.29) is 34.6 Å². The van der Waals surface area contributed by atoms with Gasteiger partial charge in [0.2, 0.25) is 5.78 Å². The Morgan fingerprint density at radius 3 is 2.17 bits per heavy atom. The second-order valence-electron chi connectivity index (χ2n) is 5.03. The molecule has 126 valence electrons. The summed E-state index contributed by atoms with van der Waals surface area (Å²) in [5, 5.41) is 18.1. The van der Waals surface area contributed by atoms with Crippen molar-refractivity contribution in [3.63, 3.8) is 0 Å². The van der Waals surface area contributed by atoms with E-state index in [0.29, 0.717) is 5.56 Å². The van der Waals surface area contributed by atoms with E-state index in [2.05, 4.69) is 0 Å². The lowest BCUT2D eigenvalue weighted by molar-refractivity contribution is -0.154. The summed E-state index contributed by atoms with van der Waals surface area (Å²) in [6.07, 6.45) is -0.232. The molecule has 8 heteroatoms. The van der Waals surface area contributed by atoms with Crippen molar-refractivity contribution in [1.29, 1.82) is 0 Å². The Morgan fingerprint density at radius 1 is 1.04 bits per heavy atom. The fourth-order valence-electron chi connectivity index (χ4n) is 2.25. The van der Waals surface area contributed by atoms with Gasteiger partial charge in [0.1, 0.15) is 5.15 Å². The first-order valence-electron chi connectivity index (χ1n) is 6.92. The smallest absolute Gasteiger partial charge is 0.317 e. The molecule has 2 N–H and O–H groups in total. The monoisotopic (exact) mass is 369 g/mol. The molecule has 0 unspecified atom stereocenters. The van der Waals surface area contributed by atoms with Crippen LogP contribution in [-0.2, 0) is 16.1 Å². The Morgan fingerprint density at radius 2 is 1.62 bits per heavy atom. The third kappa shape index (κ3) is 3.77. The van der Waals surface area contributed by atoms with Gasteiger partial charge in [-0.1, -0.05) is 53.5 Å². The number of carbonyl (C=O) groups excluding carboxylic acids is 1. The average molecular weight is 370 g/mol. The number of carboxylic acid groups (broad SMARTS) is 2. The van der Waals surface area contributed by atoms with Crippen molar-refractivity contribution >= 4 is 40.9 Å². The van der Waals surface area contributed by atoms with Crippen LogP contribution >= 0.6 is 23.2 Å². The molecule has 0 fully saturated rings. The van der Waals surface area contributed by atoms with Crippen LogP contribution < -0.4 is 0 Å². The highest BCUT2D eigenvalue weighted by Gasteiger charge is 2.27. The first-order chi connectivity index (χ1) is 11.3. The van der Waals surface area contributed by atoms with Gasteiger partial charge in [-0.15, -0.1) is 0 Å². The maximum absolute atomic E-state index is 12.6. The van der Waals surface area contributed by atoms with Crippen LogP contribution in [0.1, 0.15) is 22.5 Å². The molecule has 1 aromatic carbocycles. The predicted octanol–water partition coefficient (Wildman–Crippen LogP) is 3.20. The summed E-state index contributed by atoms with van der Waals surface area (Å²) in [4.78, 5) is 34.5. The van der Waals surface area contributed by atoms with Gasteiger partial charge in [-0.25, -0.2) is 0 Å². The molecule has 6 nitrogen and oxygen atoms in total. The number of carbonyl (C=O) groups is 3. The average Bonchev–Trinajstić information content (AvgIpc) is 2.82. The first-order valence-corrected chi connectivity index (χ1v) is 7.68. The Labute approximate surface area is 147 Å². The highest BCUT2D eigenvalue weighted by molar-refractivity contribution is 6.42. The lowest BCUT2D eigenvalue weighted by Crippen LogP contribution is -2.25. The second-order valence-corrected chi connectivity index (χ2v) is 5.80. The van der Waals surface area contributed by atoms with E-state index in [1.807, 2.05) is 0 Å². The fraction of sp³-hybridized carbons (Fsp3) is 0.188. The normalized spacial score (nSPS) is 10.8. The van der Waals surface area contributed by atoms with E-state index in [4.69, 9.17) is 33.4 Å². The van der Waals surface area contributed by atoms with E-state index < -0.39 is 17.9 Å². The zero-order chi connectivity index (χ0) is 17.9. The van der Waals surface area contributed by atoms with Crippen molar-refractivity contribution in [3.05, 3.63) is 57.8 Å². The maximum Gasteiger partial charge on any atom is 0.317 e. The van der Waals surface area contributed by atoms with Crippen molar-refractivity contribution in [2.75, 3.05) is 0 Å². The van der Waals surface area contributed by atoms with Crippen LogP contribution in [0.3, 0.4) is 0 Å². The molecule has 0 saturated heterocycles. The zero-order valence-electron chi connectivity index (χ0n) is 12.3. The number of hydrogen-bond acceptors (Lipinski definition) is 3. The van der Waals surface area contributed by atoms with Gasteiger partial charge in [0.25, 0.3) is 0 Å². The van der Waals surface area contributed by atoms with Gasteiger partial charge in [-0.3, -0.25) is 14.4 Å². The molecule has 0 amide bonds. The molecule has 24 heavy (non-hydrogen) atoms. The third-order valence-corrected chi connectivity index (χ3v) is 4.29. The topological polar surface area (TPSA) is 96.6 Å². The minimum absolute atomic E-state index is 0.0606. The van der Waals surface area contributed by atoms with Gasteiger partial charge in [-0.05, 0) is 12.5 Å². The number of benzene rings is 1. The molecular weight excluding hydrogens is 357 g/mol. The van der Waals surface area contributed by atoms with Crippen LogP contribution in [0.5, 0.6) is 0 Å². The van der Waals surface area contributed by atoms with E-state index in [9.17, 15) is 14.4 Å². The third-order valence-electron chi connectivity index (χ3n) is 3.49. The number of hydrogen-bond donors (Lipinski definition) is 2. The highest BCUT2D eigenvalue weighted by atomic mass is 35.5. The van der Waals surface area contributed by atoms with Gasteiger partial charge in [0.15, 0.2) is 5.92 Å². The Kier molecular flexibility index (Phi) is 5.64. The number of aliphatic carboxylic acids is 2. The van der Waals surface area contributed by atoms with Crippen LogP contribution in [-0.4, -0.2) is 32.5 Å².